The second kappa shape index (κ2) is 7.09. The first-order valence-electron chi connectivity index (χ1n) is 8.36. The van der Waals surface area contributed by atoms with E-state index in [-0.39, 0.29) is 0 Å². The highest BCUT2D eigenvalue weighted by Gasteiger charge is 2.36. The van der Waals surface area contributed by atoms with E-state index in [4.69, 9.17) is 4.74 Å². The first kappa shape index (κ1) is 15.3. The van der Waals surface area contributed by atoms with Gasteiger partial charge in [0, 0.05) is 45.0 Å². The van der Waals surface area contributed by atoms with Gasteiger partial charge in [-0.25, -0.2) is 0 Å². The molecule has 0 bridgehead atoms. The fourth-order valence-electron chi connectivity index (χ4n) is 3.65. The third-order valence-corrected chi connectivity index (χ3v) is 5.57. The molecular formula is C18H23N3OS. The molecule has 4 rings (SSSR count). The Hall–Kier alpha value is -1.27. The molecule has 0 saturated carbocycles. The number of rotatable bonds is 5. The first-order chi connectivity index (χ1) is 11.4. The van der Waals surface area contributed by atoms with E-state index in [0.717, 1.165) is 31.7 Å². The maximum atomic E-state index is 6.10. The van der Waals surface area contributed by atoms with Crippen LogP contribution >= 0.6 is 11.3 Å². The lowest BCUT2D eigenvalue weighted by Crippen LogP contribution is -2.49. The summed E-state index contributed by atoms with van der Waals surface area (Å²) in [7, 11) is 0. The summed E-state index contributed by atoms with van der Waals surface area (Å²) in [6.45, 7) is 6.29. The maximum absolute atomic E-state index is 6.10. The third-order valence-electron chi connectivity index (χ3n) is 4.84. The van der Waals surface area contributed by atoms with E-state index in [2.05, 4.69) is 31.6 Å². The van der Waals surface area contributed by atoms with Crippen LogP contribution in [0.5, 0.6) is 0 Å². The van der Waals surface area contributed by atoms with E-state index >= 15 is 0 Å². The van der Waals surface area contributed by atoms with Crippen LogP contribution in [0.2, 0.25) is 0 Å². The van der Waals surface area contributed by atoms with Gasteiger partial charge < -0.3 is 4.74 Å². The average molecular weight is 329 g/mol. The summed E-state index contributed by atoms with van der Waals surface area (Å²) in [6.07, 6.45) is 3.33. The summed E-state index contributed by atoms with van der Waals surface area (Å²) in [4.78, 5) is 9.53. The number of hydrogen-bond acceptors (Lipinski definition) is 5. The Balaban J connectivity index is 1.27. The molecule has 122 valence electrons. The van der Waals surface area contributed by atoms with Crippen molar-refractivity contribution in [1.29, 1.82) is 0 Å². The number of piperazine rings is 1. The van der Waals surface area contributed by atoms with Crippen molar-refractivity contribution < 1.29 is 4.74 Å². The van der Waals surface area contributed by atoms with Gasteiger partial charge in [0.2, 0.25) is 0 Å². The van der Waals surface area contributed by atoms with Crippen LogP contribution in [-0.4, -0.2) is 53.1 Å². The molecule has 0 radical (unpaired) electrons. The maximum Gasteiger partial charge on any atom is 0.0892 e. The zero-order valence-electron chi connectivity index (χ0n) is 13.3. The lowest BCUT2D eigenvalue weighted by atomic mass is 10.1. The van der Waals surface area contributed by atoms with Crippen molar-refractivity contribution in [3.8, 4) is 0 Å². The van der Waals surface area contributed by atoms with Gasteiger partial charge >= 0.3 is 0 Å². The van der Waals surface area contributed by atoms with Gasteiger partial charge in [0.25, 0.3) is 0 Å². The number of aromatic nitrogens is 1. The number of fused-ring (bicyclic) bond motifs is 1. The lowest BCUT2D eigenvalue weighted by Gasteiger charge is -2.37. The number of pyridine rings is 1. The van der Waals surface area contributed by atoms with Crippen LogP contribution in [0, 0.1) is 0 Å². The highest BCUT2D eigenvalue weighted by Crippen LogP contribution is 2.25. The Labute approximate surface area is 141 Å². The van der Waals surface area contributed by atoms with Crippen LogP contribution in [-0.2, 0) is 17.9 Å². The predicted molar refractivity (Wildman–Crippen MR) is 92.4 cm³/mol. The monoisotopic (exact) mass is 329 g/mol. The summed E-state index contributed by atoms with van der Waals surface area (Å²) < 4.78 is 6.10. The van der Waals surface area contributed by atoms with Crippen molar-refractivity contribution in [2.24, 2.45) is 0 Å². The molecule has 2 saturated heterocycles. The molecule has 2 aliphatic rings. The zero-order valence-corrected chi connectivity index (χ0v) is 14.1. The molecule has 0 spiro atoms. The largest absolute Gasteiger partial charge is 0.371 e. The fraction of sp³-hybridized carbons (Fsp3) is 0.500. The highest BCUT2D eigenvalue weighted by molar-refractivity contribution is 7.07. The molecule has 2 fully saturated rings. The molecule has 5 heteroatoms. The van der Waals surface area contributed by atoms with Crippen LogP contribution in [0.4, 0.5) is 0 Å². The van der Waals surface area contributed by atoms with Crippen LogP contribution in [0.25, 0.3) is 0 Å². The molecule has 2 aromatic heterocycles. The number of thiophene rings is 1. The molecule has 2 aliphatic heterocycles. The average Bonchev–Trinajstić information content (AvgIpc) is 3.23. The minimum Gasteiger partial charge on any atom is -0.371 e. The Morgan fingerprint density at radius 2 is 2.22 bits per heavy atom. The second-order valence-electron chi connectivity index (χ2n) is 6.51. The van der Waals surface area contributed by atoms with Gasteiger partial charge in [-0.15, -0.1) is 0 Å². The van der Waals surface area contributed by atoms with E-state index in [9.17, 15) is 0 Å². The SMILES string of the molecule is c1ccc(CO[C@H]2C[C@H]3CN(Cc4ccsc4)CCN3C2)nc1. The summed E-state index contributed by atoms with van der Waals surface area (Å²) in [5.74, 6) is 0. The molecule has 0 aliphatic carbocycles. The summed E-state index contributed by atoms with van der Waals surface area (Å²) in [5.41, 5.74) is 2.47. The van der Waals surface area contributed by atoms with Crippen molar-refractivity contribution in [1.82, 2.24) is 14.8 Å². The van der Waals surface area contributed by atoms with E-state index in [1.807, 2.05) is 24.4 Å². The molecule has 0 amide bonds. The van der Waals surface area contributed by atoms with Crippen LogP contribution in [0.1, 0.15) is 17.7 Å². The minimum absolute atomic E-state index is 0.350. The van der Waals surface area contributed by atoms with Gasteiger partial charge in [-0.2, -0.15) is 11.3 Å². The van der Waals surface area contributed by atoms with Gasteiger partial charge in [-0.05, 0) is 40.9 Å². The molecule has 0 unspecified atom stereocenters. The van der Waals surface area contributed by atoms with Crippen LogP contribution in [0.3, 0.4) is 0 Å². The van der Waals surface area contributed by atoms with Gasteiger partial charge in [0.1, 0.15) is 0 Å². The normalized spacial score (nSPS) is 25.6. The zero-order chi connectivity index (χ0) is 15.5. The summed E-state index contributed by atoms with van der Waals surface area (Å²) >= 11 is 1.79. The second-order valence-corrected chi connectivity index (χ2v) is 7.29. The molecule has 2 aromatic rings. The molecule has 2 atom stereocenters. The highest BCUT2D eigenvalue weighted by atomic mass is 32.1. The van der Waals surface area contributed by atoms with Crippen molar-refractivity contribution >= 4 is 11.3 Å². The molecule has 4 heterocycles. The standard InChI is InChI=1S/C18H23N3OS/c1-2-5-19-16(3-1)13-22-18-9-17-11-20(6-7-21(17)12-18)10-15-4-8-23-14-15/h1-5,8,14,17-18H,6-7,9-13H2/t17-,18-/m0/s1. The van der Waals surface area contributed by atoms with E-state index in [1.54, 1.807) is 11.3 Å². The molecule has 4 nitrogen and oxygen atoms in total. The van der Waals surface area contributed by atoms with Crippen LogP contribution in [0.15, 0.2) is 41.2 Å². The Kier molecular flexibility index (Phi) is 4.71. The summed E-state index contributed by atoms with van der Waals surface area (Å²) in [5, 5.41) is 4.43. The Bertz CT molecular complexity index is 604. The fourth-order valence-corrected chi connectivity index (χ4v) is 4.31. The number of hydrogen-bond donors (Lipinski definition) is 0. The lowest BCUT2D eigenvalue weighted by molar-refractivity contribution is 0.0440. The topological polar surface area (TPSA) is 28.6 Å². The minimum atomic E-state index is 0.350. The van der Waals surface area contributed by atoms with E-state index in [1.165, 1.54) is 18.7 Å². The van der Waals surface area contributed by atoms with Gasteiger partial charge in [-0.3, -0.25) is 14.8 Å². The first-order valence-corrected chi connectivity index (χ1v) is 9.30. The van der Waals surface area contributed by atoms with Crippen molar-refractivity contribution in [2.75, 3.05) is 26.2 Å². The quantitative estimate of drug-likeness (QED) is 0.843. The number of ether oxygens (including phenoxy) is 1. The number of nitrogens with zero attached hydrogens (tertiary/aromatic N) is 3. The van der Waals surface area contributed by atoms with Gasteiger partial charge in [0.15, 0.2) is 0 Å². The third kappa shape index (κ3) is 3.80. The molecule has 23 heavy (non-hydrogen) atoms. The summed E-state index contributed by atoms with van der Waals surface area (Å²) in [6, 6.07) is 8.89. The molecule has 0 aromatic carbocycles. The van der Waals surface area contributed by atoms with E-state index < -0.39 is 0 Å². The Morgan fingerprint density at radius 3 is 3.04 bits per heavy atom. The van der Waals surface area contributed by atoms with Gasteiger partial charge in [-0.1, -0.05) is 6.07 Å². The van der Waals surface area contributed by atoms with Crippen LogP contribution < -0.4 is 0 Å². The Morgan fingerprint density at radius 1 is 1.22 bits per heavy atom. The predicted octanol–water partition coefficient (Wildman–Crippen LogP) is 2.62. The van der Waals surface area contributed by atoms with Crippen molar-refractivity contribution in [2.45, 2.75) is 31.7 Å². The molecular weight excluding hydrogens is 306 g/mol. The van der Waals surface area contributed by atoms with Crippen molar-refractivity contribution in [3.05, 3.63) is 52.5 Å². The smallest absolute Gasteiger partial charge is 0.0892 e. The molecule has 0 N–H and O–H groups in total. The van der Waals surface area contributed by atoms with Crippen molar-refractivity contribution in [3.63, 3.8) is 0 Å². The van der Waals surface area contributed by atoms with E-state index in [0.29, 0.717) is 18.8 Å². The van der Waals surface area contributed by atoms with Gasteiger partial charge in [0.05, 0.1) is 18.4 Å².